The molecule has 0 saturated heterocycles. The quantitative estimate of drug-likeness (QED) is 0.262. The number of nitro benzene ring substituents is 1. The van der Waals surface area contributed by atoms with Crippen molar-refractivity contribution in [2.24, 2.45) is 10.7 Å². The molecular formula is C15H24N4O2. The van der Waals surface area contributed by atoms with Crippen molar-refractivity contribution < 1.29 is 4.92 Å². The molecule has 0 radical (unpaired) electrons. The topological polar surface area (TPSA) is 84.8 Å². The van der Waals surface area contributed by atoms with E-state index in [4.69, 9.17) is 5.73 Å². The average molecular weight is 292 g/mol. The summed E-state index contributed by atoms with van der Waals surface area (Å²) in [6, 6.07) is 6.72. The largest absolute Gasteiger partial charge is 0.370 e. The zero-order valence-corrected chi connectivity index (χ0v) is 12.8. The summed E-state index contributed by atoms with van der Waals surface area (Å²) in [4.78, 5) is 16.6. The molecule has 0 aliphatic rings. The Kier molecular flexibility index (Phi) is 7.21. The van der Waals surface area contributed by atoms with Crippen LogP contribution in [0.25, 0.3) is 0 Å². The Bertz CT molecular complexity index is 467. The zero-order valence-electron chi connectivity index (χ0n) is 12.8. The number of hydrogen-bond acceptors (Lipinski definition) is 3. The standard InChI is InChI=1S/C15H24N4O2/c1-3-18(4-2)15(16)17-12-6-5-7-13-8-10-14(11-9-13)19(20)21/h8-11H,3-7,12H2,1-2H3,(H2,16,17). The number of non-ortho nitro benzene ring substituents is 1. The van der Waals surface area contributed by atoms with Crippen molar-refractivity contribution in [3.05, 3.63) is 39.9 Å². The Hall–Kier alpha value is -2.11. The summed E-state index contributed by atoms with van der Waals surface area (Å²) in [7, 11) is 0. The van der Waals surface area contributed by atoms with Gasteiger partial charge in [0.15, 0.2) is 5.96 Å². The van der Waals surface area contributed by atoms with Gasteiger partial charge in [-0.2, -0.15) is 0 Å². The lowest BCUT2D eigenvalue weighted by Gasteiger charge is -2.19. The Morgan fingerprint density at radius 2 is 1.86 bits per heavy atom. The minimum absolute atomic E-state index is 0.135. The van der Waals surface area contributed by atoms with Crippen LogP contribution in [0.1, 0.15) is 32.3 Å². The molecule has 0 atom stereocenters. The number of nitro groups is 1. The fourth-order valence-electron chi connectivity index (χ4n) is 2.07. The van der Waals surface area contributed by atoms with E-state index in [-0.39, 0.29) is 10.6 Å². The minimum Gasteiger partial charge on any atom is -0.370 e. The molecule has 0 amide bonds. The van der Waals surface area contributed by atoms with Crippen LogP contribution in [0.4, 0.5) is 5.69 Å². The first kappa shape index (κ1) is 16.9. The summed E-state index contributed by atoms with van der Waals surface area (Å²) in [6.07, 6.45) is 2.85. The minimum atomic E-state index is -0.380. The van der Waals surface area contributed by atoms with Gasteiger partial charge in [-0.3, -0.25) is 15.1 Å². The van der Waals surface area contributed by atoms with Crippen LogP contribution in [0, 0.1) is 10.1 Å². The number of rotatable bonds is 8. The van der Waals surface area contributed by atoms with E-state index in [0.29, 0.717) is 5.96 Å². The van der Waals surface area contributed by atoms with Gasteiger partial charge in [-0.25, -0.2) is 0 Å². The number of hydrogen-bond donors (Lipinski definition) is 1. The smallest absolute Gasteiger partial charge is 0.269 e. The van der Waals surface area contributed by atoms with Crippen LogP contribution < -0.4 is 5.73 Å². The summed E-state index contributed by atoms with van der Waals surface area (Å²) in [5.74, 6) is 0.607. The Labute approximate surface area is 125 Å². The normalized spacial score (nSPS) is 11.4. The Morgan fingerprint density at radius 1 is 1.24 bits per heavy atom. The van der Waals surface area contributed by atoms with Crippen molar-refractivity contribution in [1.29, 1.82) is 0 Å². The van der Waals surface area contributed by atoms with Crippen molar-refractivity contribution >= 4 is 11.6 Å². The number of guanidine groups is 1. The van der Waals surface area contributed by atoms with Crippen LogP contribution in [0.15, 0.2) is 29.3 Å². The van der Waals surface area contributed by atoms with Gasteiger partial charge in [-0.1, -0.05) is 12.1 Å². The van der Waals surface area contributed by atoms with E-state index in [1.807, 2.05) is 17.0 Å². The molecular weight excluding hydrogens is 268 g/mol. The molecule has 0 aliphatic heterocycles. The lowest BCUT2D eigenvalue weighted by molar-refractivity contribution is -0.384. The SMILES string of the molecule is CCN(CC)C(N)=NCCCCc1ccc([N+](=O)[O-])cc1. The molecule has 0 saturated carbocycles. The molecule has 6 heteroatoms. The number of aliphatic imine (C=N–C) groups is 1. The molecule has 0 bridgehead atoms. The van der Waals surface area contributed by atoms with Gasteiger partial charge in [0, 0.05) is 31.8 Å². The first-order valence-electron chi connectivity index (χ1n) is 7.36. The molecule has 21 heavy (non-hydrogen) atoms. The van der Waals surface area contributed by atoms with Crippen molar-refractivity contribution in [2.75, 3.05) is 19.6 Å². The number of aryl methyl sites for hydroxylation is 1. The van der Waals surface area contributed by atoms with Crippen LogP contribution in [0.3, 0.4) is 0 Å². The van der Waals surface area contributed by atoms with E-state index < -0.39 is 0 Å². The molecule has 0 unspecified atom stereocenters. The molecule has 0 aliphatic carbocycles. The van der Waals surface area contributed by atoms with E-state index >= 15 is 0 Å². The first-order valence-corrected chi connectivity index (χ1v) is 7.36. The highest BCUT2D eigenvalue weighted by molar-refractivity contribution is 5.77. The highest BCUT2D eigenvalue weighted by Gasteiger charge is 2.04. The molecule has 6 nitrogen and oxygen atoms in total. The second-order valence-corrected chi connectivity index (χ2v) is 4.79. The fraction of sp³-hybridized carbons (Fsp3) is 0.533. The zero-order chi connectivity index (χ0) is 15.7. The predicted molar refractivity (Wildman–Crippen MR) is 85.4 cm³/mol. The van der Waals surface area contributed by atoms with Crippen molar-refractivity contribution in [3.63, 3.8) is 0 Å². The summed E-state index contributed by atoms with van der Waals surface area (Å²) < 4.78 is 0. The third-order valence-electron chi connectivity index (χ3n) is 3.38. The second-order valence-electron chi connectivity index (χ2n) is 4.79. The molecule has 1 rings (SSSR count). The van der Waals surface area contributed by atoms with Crippen LogP contribution in [-0.4, -0.2) is 35.4 Å². The van der Waals surface area contributed by atoms with Crippen LogP contribution >= 0.6 is 0 Å². The third kappa shape index (κ3) is 5.81. The fourth-order valence-corrected chi connectivity index (χ4v) is 2.07. The summed E-state index contributed by atoms with van der Waals surface area (Å²) in [5.41, 5.74) is 7.14. The molecule has 0 aromatic heterocycles. The van der Waals surface area contributed by atoms with E-state index in [1.165, 1.54) is 0 Å². The van der Waals surface area contributed by atoms with Crippen LogP contribution in [0.5, 0.6) is 0 Å². The maximum atomic E-state index is 10.6. The van der Waals surface area contributed by atoms with Gasteiger partial charge in [0.05, 0.1) is 4.92 Å². The number of benzene rings is 1. The number of nitrogens with two attached hydrogens (primary N) is 1. The van der Waals surface area contributed by atoms with Gasteiger partial charge in [0.1, 0.15) is 0 Å². The maximum Gasteiger partial charge on any atom is 0.269 e. The molecule has 0 spiro atoms. The van der Waals surface area contributed by atoms with Crippen molar-refractivity contribution in [3.8, 4) is 0 Å². The van der Waals surface area contributed by atoms with Gasteiger partial charge in [0.25, 0.3) is 5.69 Å². The molecule has 0 heterocycles. The average Bonchev–Trinajstić information content (AvgIpc) is 2.48. The van der Waals surface area contributed by atoms with Gasteiger partial charge in [-0.05, 0) is 38.7 Å². The third-order valence-corrected chi connectivity index (χ3v) is 3.38. The van der Waals surface area contributed by atoms with E-state index in [2.05, 4.69) is 18.8 Å². The van der Waals surface area contributed by atoms with Crippen LogP contribution in [0.2, 0.25) is 0 Å². The van der Waals surface area contributed by atoms with Gasteiger partial charge in [0.2, 0.25) is 0 Å². The monoisotopic (exact) mass is 292 g/mol. The van der Waals surface area contributed by atoms with E-state index in [1.54, 1.807) is 12.1 Å². The molecule has 1 aromatic rings. The first-order chi connectivity index (χ1) is 10.1. The highest BCUT2D eigenvalue weighted by atomic mass is 16.6. The number of unbranched alkanes of at least 4 members (excludes halogenated alkanes) is 1. The van der Waals surface area contributed by atoms with Gasteiger partial charge >= 0.3 is 0 Å². The lowest BCUT2D eigenvalue weighted by atomic mass is 10.1. The Morgan fingerprint density at radius 3 is 2.38 bits per heavy atom. The van der Waals surface area contributed by atoms with Crippen molar-refractivity contribution in [2.45, 2.75) is 33.1 Å². The summed E-state index contributed by atoms with van der Waals surface area (Å²) >= 11 is 0. The van der Waals surface area contributed by atoms with E-state index in [9.17, 15) is 10.1 Å². The summed E-state index contributed by atoms with van der Waals surface area (Å²) in [5, 5.41) is 10.6. The maximum absolute atomic E-state index is 10.6. The van der Waals surface area contributed by atoms with Gasteiger partial charge < -0.3 is 10.6 Å². The highest BCUT2D eigenvalue weighted by Crippen LogP contribution is 2.13. The Balaban J connectivity index is 2.31. The molecule has 1 aromatic carbocycles. The molecule has 116 valence electrons. The van der Waals surface area contributed by atoms with Crippen LogP contribution in [-0.2, 0) is 6.42 Å². The lowest BCUT2D eigenvalue weighted by Crippen LogP contribution is -2.37. The molecule has 0 fully saturated rings. The second kappa shape index (κ2) is 8.94. The van der Waals surface area contributed by atoms with E-state index in [0.717, 1.165) is 44.5 Å². The number of nitrogens with zero attached hydrogens (tertiary/aromatic N) is 3. The summed E-state index contributed by atoms with van der Waals surface area (Å²) in [6.45, 7) is 6.57. The van der Waals surface area contributed by atoms with Crippen molar-refractivity contribution in [1.82, 2.24) is 4.90 Å². The molecule has 2 N–H and O–H groups in total. The van der Waals surface area contributed by atoms with Gasteiger partial charge in [-0.15, -0.1) is 0 Å². The predicted octanol–water partition coefficient (Wildman–Crippen LogP) is 2.57.